The highest BCUT2D eigenvalue weighted by Crippen LogP contribution is 2.18. The maximum atomic E-state index is 12.6. The molecule has 0 aliphatic rings. The minimum Gasteiger partial charge on any atom is -0.351 e. The molecule has 0 unspecified atom stereocenters. The topological polar surface area (TPSA) is 75.4 Å². The standard InChI is InChI=1S/C16H17N3O2/c1-2-19(14-9-4-3-5-10-14)15(20)12-7-6-8-13(11-12)18-16(17)21/h3-11H,2H2,1H3,(H3,17,18,21). The predicted molar refractivity (Wildman–Crippen MR) is 83.4 cm³/mol. The van der Waals surface area contributed by atoms with Crippen LogP contribution in [0.15, 0.2) is 54.6 Å². The molecule has 0 aromatic heterocycles. The van der Waals surface area contributed by atoms with Crippen LogP contribution in [0.25, 0.3) is 0 Å². The molecule has 0 saturated carbocycles. The number of benzene rings is 2. The highest BCUT2D eigenvalue weighted by atomic mass is 16.2. The number of hydrogen-bond donors (Lipinski definition) is 2. The molecule has 0 aliphatic carbocycles. The number of nitrogens with one attached hydrogen (secondary N) is 1. The summed E-state index contributed by atoms with van der Waals surface area (Å²) in [5.41, 5.74) is 6.90. The van der Waals surface area contributed by atoms with Crippen molar-refractivity contribution in [3.8, 4) is 0 Å². The Morgan fingerprint density at radius 1 is 1.10 bits per heavy atom. The fraction of sp³-hybridized carbons (Fsp3) is 0.125. The lowest BCUT2D eigenvalue weighted by atomic mass is 10.1. The molecule has 3 N–H and O–H groups in total. The SMILES string of the molecule is CCN(C(=O)c1cccc(NC(N)=O)c1)c1ccccc1. The van der Waals surface area contributed by atoms with Gasteiger partial charge in [-0.3, -0.25) is 4.79 Å². The van der Waals surface area contributed by atoms with Gasteiger partial charge in [-0.05, 0) is 37.3 Å². The lowest BCUT2D eigenvalue weighted by Gasteiger charge is -2.21. The Morgan fingerprint density at radius 3 is 2.43 bits per heavy atom. The van der Waals surface area contributed by atoms with Crippen molar-refractivity contribution in [1.82, 2.24) is 0 Å². The van der Waals surface area contributed by atoms with Crippen molar-refractivity contribution < 1.29 is 9.59 Å². The van der Waals surface area contributed by atoms with Crippen LogP contribution in [0.2, 0.25) is 0 Å². The van der Waals surface area contributed by atoms with Gasteiger partial charge in [0, 0.05) is 23.5 Å². The van der Waals surface area contributed by atoms with Crippen molar-refractivity contribution in [3.05, 3.63) is 60.2 Å². The number of anilines is 2. The average molecular weight is 283 g/mol. The summed E-state index contributed by atoms with van der Waals surface area (Å²) in [4.78, 5) is 25.1. The number of amides is 3. The van der Waals surface area contributed by atoms with E-state index in [9.17, 15) is 9.59 Å². The van der Waals surface area contributed by atoms with Crippen LogP contribution in [0, 0.1) is 0 Å². The molecule has 21 heavy (non-hydrogen) atoms. The number of nitrogens with two attached hydrogens (primary N) is 1. The first-order chi connectivity index (χ1) is 10.1. The van der Waals surface area contributed by atoms with Crippen LogP contribution in [0.5, 0.6) is 0 Å². The Labute approximate surface area is 123 Å². The number of rotatable bonds is 4. The van der Waals surface area contributed by atoms with Crippen LogP contribution in [-0.2, 0) is 0 Å². The first-order valence-corrected chi connectivity index (χ1v) is 6.65. The Bertz CT molecular complexity index is 641. The number of carbonyl (C=O) groups is 2. The van der Waals surface area contributed by atoms with Gasteiger partial charge in [0.15, 0.2) is 0 Å². The number of para-hydroxylation sites is 1. The third-order valence-corrected chi connectivity index (χ3v) is 3.01. The van der Waals surface area contributed by atoms with Gasteiger partial charge >= 0.3 is 6.03 Å². The fourth-order valence-electron chi connectivity index (χ4n) is 2.08. The van der Waals surface area contributed by atoms with E-state index in [1.807, 2.05) is 37.3 Å². The zero-order chi connectivity index (χ0) is 15.2. The number of nitrogens with zero attached hydrogens (tertiary/aromatic N) is 1. The van der Waals surface area contributed by atoms with E-state index in [1.165, 1.54) is 0 Å². The van der Waals surface area contributed by atoms with Crippen molar-refractivity contribution in [2.45, 2.75) is 6.92 Å². The van der Waals surface area contributed by atoms with E-state index in [1.54, 1.807) is 29.2 Å². The summed E-state index contributed by atoms with van der Waals surface area (Å²) in [7, 11) is 0. The van der Waals surface area contributed by atoms with E-state index in [2.05, 4.69) is 5.32 Å². The van der Waals surface area contributed by atoms with E-state index in [-0.39, 0.29) is 5.91 Å². The summed E-state index contributed by atoms with van der Waals surface area (Å²) in [6.07, 6.45) is 0. The van der Waals surface area contributed by atoms with E-state index in [4.69, 9.17) is 5.73 Å². The Hall–Kier alpha value is -2.82. The average Bonchev–Trinajstić information content (AvgIpc) is 2.48. The second kappa shape index (κ2) is 6.56. The second-order valence-electron chi connectivity index (χ2n) is 4.46. The number of hydrogen-bond acceptors (Lipinski definition) is 2. The van der Waals surface area contributed by atoms with Crippen LogP contribution in [0.3, 0.4) is 0 Å². The third kappa shape index (κ3) is 3.60. The molecule has 2 aromatic carbocycles. The maximum absolute atomic E-state index is 12.6. The van der Waals surface area contributed by atoms with Crippen molar-refractivity contribution in [2.75, 3.05) is 16.8 Å². The number of urea groups is 1. The molecule has 0 bridgehead atoms. The van der Waals surface area contributed by atoms with E-state index >= 15 is 0 Å². The van der Waals surface area contributed by atoms with Crippen LogP contribution < -0.4 is 16.0 Å². The first-order valence-electron chi connectivity index (χ1n) is 6.65. The van der Waals surface area contributed by atoms with Gasteiger partial charge in [-0.25, -0.2) is 4.79 Å². The van der Waals surface area contributed by atoms with Crippen LogP contribution >= 0.6 is 0 Å². The summed E-state index contributed by atoms with van der Waals surface area (Å²) >= 11 is 0. The molecule has 0 saturated heterocycles. The zero-order valence-corrected chi connectivity index (χ0v) is 11.7. The highest BCUT2D eigenvalue weighted by molar-refractivity contribution is 6.06. The normalized spacial score (nSPS) is 9.95. The van der Waals surface area contributed by atoms with Crippen LogP contribution in [0.4, 0.5) is 16.2 Å². The van der Waals surface area contributed by atoms with Gasteiger partial charge in [0.05, 0.1) is 0 Å². The van der Waals surface area contributed by atoms with Gasteiger partial charge in [-0.2, -0.15) is 0 Å². The molecule has 0 heterocycles. The quantitative estimate of drug-likeness (QED) is 0.905. The third-order valence-electron chi connectivity index (χ3n) is 3.01. The monoisotopic (exact) mass is 283 g/mol. The molecule has 108 valence electrons. The van der Waals surface area contributed by atoms with Gasteiger partial charge in [0.25, 0.3) is 5.91 Å². The molecule has 5 heteroatoms. The molecule has 0 atom stereocenters. The lowest BCUT2D eigenvalue weighted by molar-refractivity contribution is 0.0988. The minimum atomic E-state index is -0.657. The summed E-state index contributed by atoms with van der Waals surface area (Å²) in [5.74, 6) is -0.128. The van der Waals surface area contributed by atoms with Crippen molar-refractivity contribution in [2.24, 2.45) is 5.73 Å². The van der Waals surface area contributed by atoms with Gasteiger partial charge in [-0.1, -0.05) is 24.3 Å². The minimum absolute atomic E-state index is 0.128. The highest BCUT2D eigenvalue weighted by Gasteiger charge is 2.16. The molecule has 0 aliphatic heterocycles. The molecular formula is C16H17N3O2. The van der Waals surface area contributed by atoms with Crippen molar-refractivity contribution in [3.63, 3.8) is 0 Å². The maximum Gasteiger partial charge on any atom is 0.316 e. The summed E-state index contributed by atoms with van der Waals surface area (Å²) in [6.45, 7) is 2.47. The molecular weight excluding hydrogens is 266 g/mol. The molecule has 0 spiro atoms. The molecule has 5 nitrogen and oxygen atoms in total. The second-order valence-corrected chi connectivity index (χ2v) is 4.46. The first kappa shape index (κ1) is 14.6. The van der Waals surface area contributed by atoms with Crippen LogP contribution in [0.1, 0.15) is 17.3 Å². The van der Waals surface area contributed by atoms with E-state index in [0.29, 0.717) is 17.8 Å². The van der Waals surface area contributed by atoms with Gasteiger partial charge in [-0.15, -0.1) is 0 Å². The number of primary amides is 1. The smallest absolute Gasteiger partial charge is 0.316 e. The number of carbonyl (C=O) groups excluding carboxylic acids is 2. The Morgan fingerprint density at radius 2 is 1.81 bits per heavy atom. The predicted octanol–water partition coefficient (Wildman–Crippen LogP) is 2.84. The molecule has 2 aromatic rings. The van der Waals surface area contributed by atoms with E-state index < -0.39 is 6.03 Å². The molecule has 0 fully saturated rings. The fourth-order valence-corrected chi connectivity index (χ4v) is 2.08. The molecule has 2 rings (SSSR count). The molecule has 0 radical (unpaired) electrons. The van der Waals surface area contributed by atoms with Crippen molar-refractivity contribution >= 4 is 23.3 Å². The molecule has 3 amide bonds. The van der Waals surface area contributed by atoms with E-state index in [0.717, 1.165) is 5.69 Å². The summed E-state index contributed by atoms with van der Waals surface area (Å²) < 4.78 is 0. The zero-order valence-electron chi connectivity index (χ0n) is 11.7. The van der Waals surface area contributed by atoms with Gasteiger partial charge in [0.1, 0.15) is 0 Å². The Kier molecular flexibility index (Phi) is 4.56. The largest absolute Gasteiger partial charge is 0.351 e. The summed E-state index contributed by atoms with van der Waals surface area (Å²) in [6, 6.07) is 15.5. The lowest BCUT2D eigenvalue weighted by Crippen LogP contribution is -2.30. The van der Waals surface area contributed by atoms with Gasteiger partial charge in [0.2, 0.25) is 0 Å². The van der Waals surface area contributed by atoms with Crippen LogP contribution in [-0.4, -0.2) is 18.5 Å². The Balaban J connectivity index is 2.28. The van der Waals surface area contributed by atoms with Crippen molar-refractivity contribution in [1.29, 1.82) is 0 Å². The van der Waals surface area contributed by atoms with Gasteiger partial charge < -0.3 is 16.0 Å². The summed E-state index contributed by atoms with van der Waals surface area (Å²) in [5, 5.41) is 2.46.